The predicted octanol–water partition coefficient (Wildman–Crippen LogP) is 6.47. The van der Waals surface area contributed by atoms with Gasteiger partial charge < -0.3 is 9.30 Å². The number of aryl methyl sites for hydroxylation is 2. The number of fused-ring (bicyclic) bond motifs is 1. The van der Waals surface area contributed by atoms with Crippen molar-refractivity contribution in [3.8, 4) is 5.75 Å². The third-order valence-corrected chi connectivity index (χ3v) is 7.41. The van der Waals surface area contributed by atoms with Crippen molar-refractivity contribution in [3.63, 3.8) is 0 Å². The molecule has 0 bridgehead atoms. The number of carbonyl (C=O) groups excluding carboxylic acids is 1. The maximum atomic E-state index is 13.7. The molecule has 0 fully saturated rings. The number of thiazole rings is 1. The lowest BCUT2D eigenvalue weighted by molar-refractivity contribution is 0.0986. The zero-order valence-electron chi connectivity index (χ0n) is 19.7. The summed E-state index contributed by atoms with van der Waals surface area (Å²) in [4.78, 5) is 25.6. The Morgan fingerprint density at radius 1 is 1.26 bits per heavy atom. The number of hydrogen-bond donors (Lipinski definition) is 0. The molecule has 1 amide bonds. The van der Waals surface area contributed by atoms with E-state index in [1.165, 1.54) is 11.3 Å². The molecule has 0 aliphatic carbocycles. The van der Waals surface area contributed by atoms with E-state index in [9.17, 15) is 4.79 Å². The zero-order chi connectivity index (χ0) is 23.4. The van der Waals surface area contributed by atoms with Crippen molar-refractivity contribution in [1.29, 1.82) is 0 Å². The first-order chi connectivity index (χ1) is 16.0. The second-order valence-electron chi connectivity index (χ2n) is 8.06. The average molecular weight is 517 g/mol. The fourth-order valence-corrected chi connectivity index (χ4v) is 5.60. The molecule has 2 aromatic heterocycles. The van der Waals surface area contributed by atoms with Crippen LogP contribution in [0, 0.1) is 6.92 Å². The minimum atomic E-state index is -0.0393. The van der Waals surface area contributed by atoms with Crippen LogP contribution in [0.1, 0.15) is 36.2 Å². The summed E-state index contributed by atoms with van der Waals surface area (Å²) in [6.45, 7) is 7.69. The van der Waals surface area contributed by atoms with Gasteiger partial charge in [0, 0.05) is 41.2 Å². The highest BCUT2D eigenvalue weighted by molar-refractivity contribution is 7.99. The summed E-state index contributed by atoms with van der Waals surface area (Å²) in [5.74, 6) is 0.682. The molecular formula is C25H29ClN4O2S2. The molecule has 0 atom stereocenters. The number of aromatic nitrogens is 3. The number of ether oxygens (including phenoxy) is 1. The molecule has 2 aromatic carbocycles. The highest BCUT2D eigenvalue weighted by Crippen LogP contribution is 2.37. The summed E-state index contributed by atoms with van der Waals surface area (Å²) in [5.41, 5.74) is 2.59. The van der Waals surface area contributed by atoms with Gasteiger partial charge in [0.25, 0.3) is 5.91 Å². The number of thioether (sulfide) groups is 1. The molecule has 2 heterocycles. The van der Waals surface area contributed by atoms with Crippen molar-refractivity contribution in [2.45, 2.75) is 43.9 Å². The van der Waals surface area contributed by atoms with E-state index < -0.39 is 0 Å². The molecule has 9 heteroatoms. The van der Waals surface area contributed by atoms with Gasteiger partial charge in [-0.2, -0.15) is 0 Å². The van der Waals surface area contributed by atoms with Gasteiger partial charge in [-0.15, -0.1) is 24.2 Å². The number of methoxy groups -OCH3 is 1. The van der Waals surface area contributed by atoms with E-state index in [2.05, 4.69) is 31.8 Å². The van der Waals surface area contributed by atoms with Gasteiger partial charge in [-0.05, 0) is 43.2 Å². The fraction of sp³-hybridized carbons (Fsp3) is 0.320. The van der Waals surface area contributed by atoms with Gasteiger partial charge >= 0.3 is 0 Å². The standard InChI is InChI=1S/C25H28N4O2S2.ClH/c1-17(2)32-20-8-5-7-19(15-20)24(30)29(13-6-12-28-14-11-26-16-28)25-27-22-21(31-4)10-9-18(3)23(22)33-25;/h5,7-11,14-17H,6,12-13H2,1-4H3;1H. The van der Waals surface area contributed by atoms with Crippen LogP contribution in [0.25, 0.3) is 10.2 Å². The fourth-order valence-electron chi connectivity index (χ4n) is 3.62. The van der Waals surface area contributed by atoms with E-state index in [1.807, 2.05) is 41.1 Å². The molecule has 0 saturated heterocycles. The number of halogens is 1. The third-order valence-electron chi connectivity index (χ3n) is 5.20. The molecule has 6 nitrogen and oxygen atoms in total. The SMILES string of the molecule is COc1ccc(C)c2sc(N(CCCn3ccnc3)C(=O)c3cccc(SC(C)C)c3)nc12.Cl. The molecule has 4 rings (SSSR count). The van der Waals surface area contributed by atoms with Gasteiger partial charge in [-0.1, -0.05) is 37.3 Å². The maximum Gasteiger partial charge on any atom is 0.260 e. The van der Waals surface area contributed by atoms with Gasteiger partial charge in [0.2, 0.25) is 0 Å². The monoisotopic (exact) mass is 516 g/mol. The van der Waals surface area contributed by atoms with E-state index >= 15 is 0 Å². The number of imidazole rings is 1. The average Bonchev–Trinajstić information content (AvgIpc) is 3.47. The van der Waals surface area contributed by atoms with E-state index in [0.29, 0.717) is 22.5 Å². The normalized spacial score (nSPS) is 11.0. The molecule has 0 aliphatic heterocycles. The maximum absolute atomic E-state index is 13.7. The van der Waals surface area contributed by atoms with Crippen LogP contribution < -0.4 is 9.64 Å². The zero-order valence-corrected chi connectivity index (χ0v) is 22.2. The summed E-state index contributed by atoms with van der Waals surface area (Å²) in [5, 5.41) is 1.14. The lowest BCUT2D eigenvalue weighted by atomic mass is 10.2. The molecule has 0 radical (unpaired) electrons. The molecule has 0 saturated carbocycles. The van der Waals surface area contributed by atoms with Crippen molar-refractivity contribution in [1.82, 2.24) is 14.5 Å². The predicted molar refractivity (Wildman–Crippen MR) is 144 cm³/mol. The van der Waals surface area contributed by atoms with Crippen molar-refractivity contribution >= 4 is 56.8 Å². The second kappa shape index (κ2) is 11.7. The van der Waals surface area contributed by atoms with E-state index in [0.717, 1.165) is 39.4 Å². The highest BCUT2D eigenvalue weighted by Gasteiger charge is 2.23. The van der Waals surface area contributed by atoms with Crippen LogP contribution in [0.3, 0.4) is 0 Å². The molecule has 34 heavy (non-hydrogen) atoms. The Hall–Kier alpha value is -2.55. The third kappa shape index (κ3) is 5.92. The van der Waals surface area contributed by atoms with Gasteiger partial charge in [0.1, 0.15) is 11.3 Å². The molecular weight excluding hydrogens is 488 g/mol. The van der Waals surface area contributed by atoms with Crippen LogP contribution in [0.4, 0.5) is 5.13 Å². The molecule has 0 unspecified atom stereocenters. The van der Waals surface area contributed by atoms with Crippen LogP contribution in [0.5, 0.6) is 5.75 Å². The summed E-state index contributed by atoms with van der Waals surface area (Å²) in [6.07, 6.45) is 6.29. The number of anilines is 1. The number of hydrogen-bond acceptors (Lipinski definition) is 6. The first-order valence-corrected chi connectivity index (χ1v) is 12.6. The van der Waals surface area contributed by atoms with Crippen LogP contribution >= 0.6 is 35.5 Å². The first-order valence-electron chi connectivity index (χ1n) is 10.9. The van der Waals surface area contributed by atoms with Crippen molar-refractivity contribution in [2.75, 3.05) is 18.6 Å². The molecule has 180 valence electrons. The Bertz CT molecular complexity index is 1240. The Kier molecular flexibility index (Phi) is 8.99. The minimum Gasteiger partial charge on any atom is -0.494 e. The van der Waals surface area contributed by atoms with Crippen molar-refractivity contribution in [2.24, 2.45) is 0 Å². The number of nitrogens with zero attached hydrogens (tertiary/aromatic N) is 4. The molecule has 0 N–H and O–H groups in total. The lowest BCUT2D eigenvalue weighted by Gasteiger charge is -2.20. The van der Waals surface area contributed by atoms with Crippen LogP contribution in [-0.4, -0.2) is 39.3 Å². The lowest BCUT2D eigenvalue weighted by Crippen LogP contribution is -2.32. The highest BCUT2D eigenvalue weighted by atomic mass is 35.5. The Morgan fingerprint density at radius 3 is 2.79 bits per heavy atom. The number of benzene rings is 2. The van der Waals surface area contributed by atoms with E-state index in [4.69, 9.17) is 9.72 Å². The van der Waals surface area contributed by atoms with Crippen LogP contribution in [0.15, 0.2) is 60.0 Å². The van der Waals surface area contributed by atoms with Gasteiger partial charge in [-0.3, -0.25) is 9.69 Å². The second-order valence-corrected chi connectivity index (χ2v) is 10.7. The quantitative estimate of drug-likeness (QED) is 0.239. The van der Waals surface area contributed by atoms with Crippen LogP contribution in [0.2, 0.25) is 0 Å². The molecule has 0 spiro atoms. The van der Waals surface area contributed by atoms with E-state index in [1.54, 1.807) is 36.3 Å². The Morgan fingerprint density at radius 2 is 2.09 bits per heavy atom. The Labute approximate surface area is 214 Å². The summed E-state index contributed by atoms with van der Waals surface area (Å²) >= 11 is 3.29. The van der Waals surface area contributed by atoms with Crippen LogP contribution in [-0.2, 0) is 6.54 Å². The summed E-state index contributed by atoms with van der Waals surface area (Å²) in [7, 11) is 1.65. The number of amides is 1. The number of rotatable bonds is 9. The van der Waals surface area contributed by atoms with Gasteiger partial charge in [0.05, 0.1) is 18.1 Å². The van der Waals surface area contributed by atoms with Crippen molar-refractivity contribution < 1.29 is 9.53 Å². The summed E-state index contributed by atoms with van der Waals surface area (Å²) in [6, 6.07) is 11.8. The van der Waals surface area contributed by atoms with Crippen molar-refractivity contribution in [3.05, 3.63) is 66.2 Å². The topological polar surface area (TPSA) is 60.2 Å². The summed E-state index contributed by atoms with van der Waals surface area (Å²) < 4.78 is 8.60. The van der Waals surface area contributed by atoms with Gasteiger partial charge in [-0.25, -0.2) is 9.97 Å². The molecule has 4 aromatic rings. The van der Waals surface area contributed by atoms with E-state index in [-0.39, 0.29) is 18.3 Å². The first kappa shape index (κ1) is 26.1. The smallest absolute Gasteiger partial charge is 0.260 e. The number of carbonyl (C=O) groups is 1. The Balaban J connectivity index is 0.00000324. The minimum absolute atomic E-state index is 0. The molecule has 0 aliphatic rings. The largest absolute Gasteiger partial charge is 0.494 e. The van der Waals surface area contributed by atoms with Gasteiger partial charge in [0.15, 0.2) is 5.13 Å².